The smallest absolute Gasteiger partial charge is 0.269 e. The van der Waals surface area contributed by atoms with Gasteiger partial charge in [0, 0.05) is 38.6 Å². The number of ether oxygens (including phenoxy) is 4. The Bertz CT molecular complexity index is 858. The van der Waals surface area contributed by atoms with Gasteiger partial charge in [0.15, 0.2) is 0 Å². The Morgan fingerprint density at radius 1 is 0.968 bits per heavy atom. The average Bonchev–Trinajstić information content (AvgIpc) is 2.76. The van der Waals surface area contributed by atoms with E-state index in [2.05, 4.69) is 12.1 Å². The minimum Gasteiger partial charge on any atom is -0.345 e. The van der Waals surface area contributed by atoms with Gasteiger partial charge >= 0.3 is 0 Å². The lowest BCUT2D eigenvalue weighted by Crippen LogP contribution is -2.84. The van der Waals surface area contributed by atoms with Crippen LogP contribution >= 0.6 is 0 Å². The highest BCUT2D eigenvalue weighted by Crippen LogP contribution is 2.66. The van der Waals surface area contributed by atoms with Gasteiger partial charge in [-0.1, -0.05) is 12.2 Å². The standard InChI is InChI=1S/C22H27N3O6/c1-5-28-21(29-6-2)19(14-11-17-9-12-18(13-10-17)25(26)27)20(15-23,16-24)22(21,30-7-3)31-8-4/h9-14,19H,5-8H2,1-4H3/b14-11+. The maximum absolute atomic E-state index is 10.9. The molecule has 2 rings (SSSR count). The Hall–Kier alpha value is -2.82. The highest BCUT2D eigenvalue weighted by molar-refractivity contribution is 5.54. The first-order valence-electron chi connectivity index (χ1n) is 10.2. The van der Waals surface area contributed by atoms with Gasteiger partial charge in [0.25, 0.3) is 11.5 Å². The number of nitro groups is 1. The van der Waals surface area contributed by atoms with E-state index in [1.165, 1.54) is 12.1 Å². The van der Waals surface area contributed by atoms with Crippen LogP contribution in [0.4, 0.5) is 5.69 Å². The third-order valence-corrected chi connectivity index (χ3v) is 5.20. The van der Waals surface area contributed by atoms with Crippen LogP contribution in [-0.2, 0) is 18.9 Å². The minimum absolute atomic E-state index is 0.0334. The van der Waals surface area contributed by atoms with Crippen molar-refractivity contribution in [3.8, 4) is 12.1 Å². The molecule has 1 aliphatic carbocycles. The first-order valence-corrected chi connectivity index (χ1v) is 10.2. The van der Waals surface area contributed by atoms with Gasteiger partial charge in [-0.05, 0) is 45.4 Å². The van der Waals surface area contributed by atoms with E-state index in [1.54, 1.807) is 52.0 Å². The fourth-order valence-corrected chi connectivity index (χ4v) is 4.11. The van der Waals surface area contributed by atoms with Crippen LogP contribution < -0.4 is 0 Å². The van der Waals surface area contributed by atoms with E-state index in [4.69, 9.17) is 18.9 Å². The largest absolute Gasteiger partial charge is 0.345 e. The van der Waals surface area contributed by atoms with Crippen molar-refractivity contribution in [3.05, 3.63) is 46.0 Å². The molecule has 1 aromatic carbocycles. The molecule has 1 aromatic rings. The number of nitriles is 2. The second-order valence-corrected chi connectivity index (χ2v) is 6.73. The van der Waals surface area contributed by atoms with Crippen molar-refractivity contribution in [2.24, 2.45) is 11.3 Å². The molecule has 9 nitrogen and oxygen atoms in total. The first kappa shape index (κ1) is 24.4. The van der Waals surface area contributed by atoms with Gasteiger partial charge in [-0.2, -0.15) is 10.5 Å². The SMILES string of the molecule is CCOC1(OCC)C(/C=C/c2ccc([N+](=O)[O-])cc2)C(C#N)(C#N)C1(OCC)OCC. The highest BCUT2D eigenvalue weighted by Gasteiger charge is 2.86. The van der Waals surface area contributed by atoms with Crippen LogP contribution in [0.3, 0.4) is 0 Å². The molecule has 1 fully saturated rings. The van der Waals surface area contributed by atoms with Gasteiger partial charge in [-0.25, -0.2) is 0 Å². The van der Waals surface area contributed by atoms with Crippen LogP contribution in [0.1, 0.15) is 33.3 Å². The van der Waals surface area contributed by atoms with Crippen LogP contribution in [0.2, 0.25) is 0 Å². The first-order chi connectivity index (χ1) is 14.9. The van der Waals surface area contributed by atoms with Crippen molar-refractivity contribution < 1.29 is 23.9 Å². The average molecular weight is 429 g/mol. The lowest BCUT2D eigenvalue weighted by molar-refractivity contribution is -0.505. The molecule has 31 heavy (non-hydrogen) atoms. The number of rotatable bonds is 11. The number of nitrogens with zero attached hydrogens (tertiary/aromatic N) is 3. The summed E-state index contributed by atoms with van der Waals surface area (Å²) in [6.45, 7) is 7.84. The van der Waals surface area contributed by atoms with E-state index in [1.807, 2.05) is 0 Å². The summed E-state index contributed by atoms with van der Waals surface area (Å²) in [5.74, 6) is -4.11. The zero-order chi connectivity index (χ0) is 23.1. The summed E-state index contributed by atoms with van der Waals surface area (Å²) < 4.78 is 23.9. The number of non-ortho nitro benzene ring substituents is 1. The summed E-state index contributed by atoms with van der Waals surface area (Å²) in [4.78, 5) is 10.4. The van der Waals surface area contributed by atoms with Crippen molar-refractivity contribution >= 4 is 11.8 Å². The molecular formula is C22H27N3O6. The van der Waals surface area contributed by atoms with Crippen molar-refractivity contribution in [2.75, 3.05) is 26.4 Å². The molecule has 0 aromatic heterocycles. The molecule has 166 valence electrons. The molecule has 1 unspecified atom stereocenters. The predicted molar refractivity (Wildman–Crippen MR) is 111 cm³/mol. The molecular weight excluding hydrogens is 402 g/mol. The topological polar surface area (TPSA) is 128 Å². The van der Waals surface area contributed by atoms with Crippen LogP contribution in [0.5, 0.6) is 0 Å². The highest BCUT2D eigenvalue weighted by atomic mass is 16.8. The lowest BCUT2D eigenvalue weighted by atomic mass is 9.51. The summed E-state index contributed by atoms with van der Waals surface area (Å²) in [7, 11) is 0. The minimum atomic E-state index is -1.75. The van der Waals surface area contributed by atoms with E-state index in [0.29, 0.717) is 5.56 Å². The molecule has 0 saturated heterocycles. The molecule has 0 N–H and O–H groups in total. The van der Waals surface area contributed by atoms with Crippen LogP contribution in [0.25, 0.3) is 6.08 Å². The van der Waals surface area contributed by atoms with Crippen molar-refractivity contribution in [1.82, 2.24) is 0 Å². The molecule has 9 heteroatoms. The van der Waals surface area contributed by atoms with Gasteiger partial charge in [-0.15, -0.1) is 0 Å². The molecule has 1 saturated carbocycles. The maximum Gasteiger partial charge on any atom is 0.269 e. The van der Waals surface area contributed by atoms with E-state index >= 15 is 0 Å². The monoisotopic (exact) mass is 429 g/mol. The molecule has 0 radical (unpaired) electrons. The fraction of sp³-hybridized carbons (Fsp3) is 0.545. The number of nitro benzene ring substituents is 1. The van der Waals surface area contributed by atoms with Gasteiger partial charge in [-0.3, -0.25) is 10.1 Å². The zero-order valence-electron chi connectivity index (χ0n) is 18.2. The summed E-state index contributed by atoms with van der Waals surface area (Å²) >= 11 is 0. The molecule has 0 spiro atoms. The summed E-state index contributed by atoms with van der Waals surface area (Å²) in [6.07, 6.45) is 3.32. The predicted octanol–water partition coefficient (Wildman–Crippen LogP) is 3.81. The Morgan fingerprint density at radius 3 is 1.84 bits per heavy atom. The van der Waals surface area contributed by atoms with Gasteiger partial charge in [0.1, 0.15) is 0 Å². The zero-order valence-corrected chi connectivity index (χ0v) is 18.2. The van der Waals surface area contributed by atoms with Gasteiger partial charge < -0.3 is 18.9 Å². The lowest BCUT2D eigenvalue weighted by Gasteiger charge is -2.65. The number of hydrogen-bond donors (Lipinski definition) is 0. The van der Waals surface area contributed by atoms with Crippen molar-refractivity contribution in [1.29, 1.82) is 10.5 Å². The van der Waals surface area contributed by atoms with E-state index < -0.39 is 27.8 Å². The second kappa shape index (κ2) is 9.99. The Labute approximate surface area is 181 Å². The molecule has 0 bridgehead atoms. The number of hydrogen-bond acceptors (Lipinski definition) is 8. The molecule has 0 aliphatic heterocycles. The third-order valence-electron chi connectivity index (χ3n) is 5.20. The van der Waals surface area contributed by atoms with Crippen LogP contribution in [0, 0.1) is 44.1 Å². The quantitative estimate of drug-likeness (QED) is 0.295. The summed E-state index contributed by atoms with van der Waals surface area (Å²) in [5.41, 5.74) is -1.11. The Balaban J connectivity index is 2.61. The third kappa shape index (κ3) is 3.71. The molecule has 1 aliphatic rings. The molecule has 1 atom stereocenters. The van der Waals surface area contributed by atoms with Crippen molar-refractivity contribution in [2.45, 2.75) is 39.3 Å². The van der Waals surface area contributed by atoms with Crippen molar-refractivity contribution in [3.63, 3.8) is 0 Å². The number of benzene rings is 1. The summed E-state index contributed by atoms with van der Waals surface area (Å²) in [5, 5.41) is 31.1. The fourth-order valence-electron chi connectivity index (χ4n) is 4.11. The van der Waals surface area contributed by atoms with E-state index in [-0.39, 0.29) is 32.1 Å². The summed E-state index contributed by atoms with van der Waals surface area (Å²) in [6, 6.07) is 10.1. The van der Waals surface area contributed by atoms with Gasteiger partial charge in [0.2, 0.25) is 11.2 Å². The maximum atomic E-state index is 10.9. The Morgan fingerprint density at radius 2 is 1.45 bits per heavy atom. The molecule has 0 heterocycles. The van der Waals surface area contributed by atoms with Gasteiger partial charge in [0.05, 0.1) is 23.0 Å². The normalized spacial score (nSPS) is 20.5. The van der Waals surface area contributed by atoms with E-state index in [0.717, 1.165) is 0 Å². The molecule has 0 amide bonds. The van der Waals surface area contributed by atoms with Crippen LogP contribution in [-0.4, -0.2) is 42.9 Å². The van der Waals surface area contributed by atoms with E-state index in [9.17, 15) is 20.6 Å². The van der Waals surface area contributed by atoms with Crippen LogP contribution in [0.15, 0.2) is 30.3 Å². The Kier molecular flexibility index (Phi) is 7.88. The second-order valence-electron chi connectivity index (χ2n) is 6.73.